The number of nitrogens with zero attached hydrogens (tertiary/aromatic N) is 3. The molecule has 20 heavy (non-hydrogen) atoms. The predicted octanol–water partition coefficient (Wildman–Crippen LogP) is 1.80. The molecule has 1 unspecified atom stereocenters. The van der Waals surface area contributed by atoms with E-state index in [0.29, 0.717) is 12.0 Å². The van der Waals surface area contributed by atoms with E-state index in [4.69, 9.17) is 4.74 Å². The van der Waals surface area contributed by atoms with Gasteiger partial charge in [0, 0.05) is 44.5 Å². The Morgan fingerprint density at radius 3 is 3.05 bits per heavy atom. The molecular formula is C15H26N4O. The first-order chi connectivity index (χ1) is 9.72. The third kappa shape index (κ3) is 3.90. The quantitative estimate of drug-likeness (QED) is 0.771. The van der Waals surface area contributed by atoms with Crippen LogP contribution < -0.4 is 10.2 Å². The lowest BCUT2D eigenvalue weighted by molar-refractivity contribution is 0.199. The molecule has 1 aliphatic heterocycles. The highest BCUT2D eigenvalue weighted by Gasteiger charge is 2.25. The molecule has 1 fully saturated rings. The van der Waals surface area contributed by atoms with Gasteiger partial charge < -0.3 is 15.0 Å². The Hall–Kier alpha value is -1.20. The number of rotatable bonds is 7. The first kappa shape index (κ1) is 15.2. The molecule has 0 bridgehead atoms. The summed E-state index contributed by atoms with van der Waals surface area (Å²) >= 11 is 0. The molecule has 1 N–H and O–H groups in total. The molecule has 0 radical (unpaired) electrons. The van der Waals surface area contributed by atoms with Crippen LogP contribution in [-0.4, -0.2) is 49.4 Å². The number of hydrogen-bond donors (Lipinski definition) is 1. The van der Waals surface area contributed by atoms with Gasteiger partial charge in [-0.25, -0.2) is 9.97 Å². The Bertz CT molecular complexity index is 411. The predicted molar refractivity (Wildman–Crippen MR) is 81.2 cm³/mol. The highest BCUT2D eigenvalue weighted by atomic mass is 16.5. The van der Waals surface area contributed by atoms with Gasteiger partial charge in [0.1, 0.15) is 12.1 Å². The molecule has 0 aromatic carbocycles. The van der Waals surface area contributed by atoms with Crippen LogP contribution in [0.4, 0.5) is 5.82 Å². The topological polar surface area (TPSA) is 50.3 Å². The average Bonchev–Trinajstić information content (AvgIpc) is 2.92. The van der Waals surface area contributed by atoms with Gasteiger partial charge in [-0.2, -0.15) is 0 Å². The van der Waals surface area contributed by atoms with Gasteiger partial charge in [-0.05, 0) is 18.8 Å². The second kappa shape index (κ2) is 7.55. The molecular weight excluding hydrogens is 252 g/mol. The van der Waals surface area contributed by atoms with Crippen molar-refractivity contribution in [1.29, 1.82) is 0 Å². The highest BCUT2D eigenvalue weighted by molar-refractivity contribution is 5.42. The normalized spacial score (nSPS) is 19.0. The van der Waals surface area contributed by atoms with E-state index in [-0.39, 0.29) is 0 Å². The Kier molecular flexibility index (Phi) is 5.73. The number of hydrogen-bond acceptors (Lipinski definition) is 5. The van der Waals surface area contributed by atoms with E-state index in [2.05, 4.69) is 40.1 Å². The van der Waals surface area contributed by atoms with E-state index >= 15 is 0 Å². The van der Waals surface area contributed by atoms with E-state index in [0.717, 1.165) is 37.8 Å². The first-order valence-corrected chi connectivity index (χ1v) is 7.50. The van der Waals surface area contributed by atoms with Crippen molar-refractivity contribution < 1.29 is 4.74 Å². The van der Waals surface area contributed by atoms with Crippen molar-refractivity contribution in [2.75, 3.05) is 38.3 Å². The zero-order valence-electron chi connectivity index (χ0n) is 12.8. The summed E-state index contributed by atoms with van der Waals surface area (Å²) < 4.78 is 5.06. The third-order valence-corrected chi connectivity index (χ3v) is 3.80. The van der Waals surface area contributed by atoms with Gasteiger partial charge in [0.2, 0.25) is 0 Å². The Morgan fingerprint density at radius 2 is 2.30 bits per heavy atom. The van der Waals surface area contributed by atoms with E-state index in [1.165, 1.54) is 12.8 Å². The molecule has 0 saturated carbocycles. The summed E-state index contributed by atoms with van der Waals surface area (Å²) in [7, 11) is 1.73. The summed E-state index contributed by atoms with van der Waals surface area (Å²) in [6.07, 6.45) is 4.15. The van der Waals surface area contributed by atoms with Gasteiger partial charge in [0.05, 0.1) is 6.61 Å². The molecule has 0 spiro atoms. The van der Waals surface area contributed by atoms with Gasteiger partial charge >= 0.3 is 0 Å². The van der Waals surface area contributed by atoms with Crippen molar-refractivity contribution in [2.24, 2.45) is 0 Å². The maximum absolute atomic E-state index is 5.06. The van der Waals surface area contributed by atoms with E-state index in [9.17, 15) is 0 Å². The number of aromatic nitrogens is 2. The summed E-state index contributed by atoms with van der Waals surface area (Å²) in [5, 5.41) is 3.46. The molecule has 5 nitrogen and oxygen atoms in total. The lowest BCUT2D eigenvalue weighted by Crippen LogP contribution is -2.39. The van der Waals surface area contributed by atoms with Crippen molar-refractivity contribution >= 4 is 5.82 Å². The smallest absolute Gasteiger partial charge is 0.132 e. The highest BCUT2D eigenvalue weighted by Crippen LogP contribution is 2.25. The minimum atomic E-state index is 0.442. The standard InChI is InChI=1S/C15H26N4O/c1-12(2)14-9-15(18-11-17-14)19-7-4-5-13(19)10-16-6-8-20-3/h9,11-13,16H,4-8,10H2,1-3H3. The second-order valence-electron chi connectivity index (χ2n) is 5.64. The molecule has 1 aliphatic rings. The maximum Gasteiger partial charge on any atom is 0.132 e. The molecule has 1 saturated heterocycles. The number of methoxy groups -OCH3 is 1. The minimum absolute atomic E-state index is 0.442. The van der Waals surface area contributed by atoms with Crippen LogP contribution in [-0.2, 0) is 4.74 Å². The van der Waals surface area contributed by atoms with Crippen LogP contribution in [0, 0.1) is 0 Å². The maximum atomic E-state index is 5.06. The SMILES string of the molecule is COCCNCC1CCCN1c1cc(C(C)C)ncn1. The minimum Gasteiger partial charge on any atom is -0.383 e. The van der Waals surface area contributed by atoms with Crippen LogP contribution >= 0.6 is 0 Å². The number of nitrogens with one attached hydrogen (secondary N) is 1. The molecule has 1 atom stereocenters. The van der Waals surface area contributed by atoms with Crippen molar-refractivity contribution in [3.05, 3.63) is 18.1 Å². The van der Waals surface area contributed by atoms with Gasteiger partial charge in [-0.15, -0.1) is 0 Å². The van der Waals surface area contributed by atoms with Gasteiger partial charge in [0.25, 0.3) is 0 Å². The molecule has 0 aliphatic carbocycles. The fraction of sp³-hybridized carbons (Fsp3) is 0.733. The third-order valence-electron chi connectivity index (χ3n) is 3.80. The van der Waals surface area contributed by atoms with E-state index < -0.39 is 0 Å². The zero-order valence-corrected chi connectivity index (χ0v) is 12.8. The van der Waals surface area contributed by atoms with E-state index in [1.54, 1.807) is 13.4 Å². The summed E-state index contributed by atoms with van der Waals surface area (Å²) in [6.45, 7) is 8.08. The Balaban J connectivity index is 1.97. The molecule has 2 heterocycles. The Morgan fingerprint density at radius 1 is 1.45 bits per heavy atom. The lowest BCUT2D eigenvalue weighted by Gasteiger charge is -2.26. The van der Waals surface area contributed by atoms with Crippen molar-refractivity contribution in [3.8, 4) is 0 Å². The van der Waals surface area contributed by atoms with Crippen LogP contribution in [0.3, 0.4) is 0 Å². The fourth-order valence-corrected chi connectivity index (χ4v) is 2.63. The van der Waals surface area contributed by atoms with Crippen LogP contribution in [0.1, 0.15) is 38.3 Å². The van der Waals surface area contributed by atoms with Crippen molar-refractivity contribution in [2.45, 2.75) is 38.6 Å². The number of anilines is 1. The van der Waals surface area contributed by atoms with Crippen LogP contribution in [0.5, 0.6) is 0 Å². The van der Waals surface area contributed by atoms with Crippen LogP contribution in [0.2, 0.25) is 0 Å². The molecule has 1 aromatic rings. The molecule has 112 valence electrons. The number of ether oxygens (including phenoxy) is 1. The largest absolute Gasteiger partial charge is 0.383 e. The van der Waals surface area contributed by atoms with Crippen molar-refractivity contribution in [3.63, 3.8) is 0 Å². The average molecular weight is 278 g/mol. The van der Waals surface area contributed by atoms with Gasteiger partial charge in [-0.1, -0.05) is 13.8 Å². The second-order valence-corrected chi connectivity index (χ2v) is 5.64. The molecule has 2 rings (SSSR count). The fourth-order valence-electron chi connectivity index (χ4n) is 2.63. The lowest BCUT2D eigenvalue weighted by atomic mass is 10.1. The van der Waals surface area contributed by atoms with Crippen LogP contribution in [0.25, 0.3) is 0 Å². The van der Waals surface area contributed by atoms with Gasteiger partial charge in [0.15, 0.2) is 0 Å². The molecule has 1 aromatic heterocycles. The monoisotopic (exact) mass is 278 g/mol. The summed E-state index contributed by atoms with van der Waals surface area (Å²) in [6, 6.07) is 2.67. The van der Waals surface area contributed by atoms with Crippen molar-refractivity contribution in [1.82, 2.24) is 15.3 Å². The molecule has 5 heteroatoms. The first-order valence-electron chi connectivity index (χ1n) is 7.50. The zero-order chi connectivity index (χ0) is 14.4. The summed E-state index contributed by atoms with van der Waals surface area (Å²) in [5.41, 5.74) is 1.12. The summed E-state index contributed by atoms with van der Waals surface area (Å²) in [5.74, 6) is 1.51. The van der Waals surface area contributed by atoms with E-state index in [1.807, 2.05) is 0 Å². The Labute approximate surface area is 121 Å². The molecule has 0 amide bonds. The van der Waals surface area contributed by atoms with Gasteiger partial charge in [-0.3, -0.25) is 0 Å². The van der Waals surface area contributed by atoms with Crippen LogP contribution in [0.15, 0.2) is 12.4 Å². The summed E-state index contributed by atoms with van der Waals surface area (Å²) in [4.78, 5) is 11.2.